The van der Waals surface area contributed by atoms with Crippen LogP contribution in [-0.4, -0.2) is 21.4 Å². The van der Waals surface area contributed by atoms with E-state index in [0.29, 0.717) is 16.2 Å². The number of aryl methyl sites for hydroxylation is 1. The summed E-state index contributed by atoms with van der Waals surface area (Å²) in [5.41, 5.74) is 1.57. The average Bonchev–Trinajstić information content (AvgIpc) is 3.03. The molecule has 0 amide bonds. The molecule has 0 aromatic heterocycles. The Morgan fingerprint density at radius 2 is 1.87 bits per heavy atom. The molecule has 1 fully saturated rings. The minimum absolute atomic E-state index is 0.0881. The maximum absolute atomic E-state index is 13.0. The summed E-state index contributed by atoms with van der Waals surface area (Å²) in [6.07, 6.45) is -0.849. The molecule has 0 aliphatic carbocycles. The third-order valence-electron chi connectivity index (χ3n) is 4.08. The smallest absolute Gasteiger partial charge is 0.310 e. The highest BCUT2D eigenvalue weighted by Crippen LogP contribution is 2.49. The molecule has 1 saturated heterocycles. The third kappa shape index (κ3) is 2.21. The topological polar surface area (TPSA) is 72.8 Å². The molecule has 0 spiro atoms. The minimum atomic E-state index is -1.59. The second-order valence-corrected chi connectivity index (χ2v) is 7.10. The summed E-state index contributed by atoms with van der Waals surface area (Å²) in [6.45, 7) is 1.95. The molecule has 2 heterocycles. The zero-order chi connectivity index (χ0) is 16.1. The van der Waals surface area contributed by atoms with Crippen LogP contribution >= 0.6 is 0 Å². The number of hydrogen-bond acceptors (Lipinski definition) is 5. The Hall–Kier alpha value is -2.34. The Morgan fingerprint density at radius 1 is 1.13 bits per heavy atom. The molecule has 3 atom stereocenters. The molecule has 0 saturated carbocycles. The van der Waals surface area contributed by atoms with Crippen LogP contribution < -0.4 is 4.74 Å². The van der Waals surface area contributed by atoms with Gasteiger partial charge in [0.2, 0.25) is 0 Å². The van der Waals surface area contributed by atoms with Gasteiger partial charge in [-0.2, -0.15) is 0 Å². The fourth-order valence-corrected chi connectivity index (χ4v) is 4.26. The van der Waals surface area contributed by atoms with Gasteiger partial charge < -0.3 is 14.6 Å². The second-order valence-electron chi connectivity index (χ2n) is 5.68. The number of carbonyl (C=O) groups is 1. The first kappa shape index (κ1) is 14.3. The number of ether oxygens (including phenoxy) is 2. The molecule has 4 rings (SSSR count). The van der Waals surface area contributed by atoms with E-state index in [1.54, 1.807) is 18.2 Å². The van der Waals surface area contributed by atoms with Gasteiger partial charge in [0, 0.05) is 4.90 Å². The van der Waals surface area contributed by atoms with Gasteiger partial charge in [0.05, 0.1) is 27.7 Å². The van der Waals surface area contributed by atoms with Crippen LogP contribution in [0.15, 0.2) is 46.2 Å². The van der Waals surface area contributed by atoms with Crippen molar-refractivity contribution in [2.45, 2.75) is 35.3 Å². The number of phenols is 1. The van der Waals surface area contributed by atoms with Crippen LogP contribution in [0.5, 0.6) is 11.5 Å². The van der Waals surface area contributed by atoms with E-state index in [9.17, 15) is 14.1 Å². The first-order valence-electron chi connectivity index (χ1n) is 7.25. The van der Waals surface area contributed by atoms with E-state index in [4.69, 9.17) is 9.47 Å². The fraction of sp³-hybridized carbons (Fsp3) is 0.235. The normalized spacial score (nSPS) is 22.9. The van der Waals surface area contributed by atoms with Crippen LogP contribution in [0.2, 0.25) is 0 Å². The molecule has 2 aliphatic rings. The molecule has 6 heteroatoms. The van der Waals surface area contributed by atoms with Gasteiger partial charge in [-0.25, -0.2) is 4.21 Å². The lowest BCUT2D eigenvalue weighted by Crippen LogP contribution is -2.12. The SMILES string of the molecule is Cc1ccc([S@](=O)c2c(O)ccc3c2[C@H]2OC(=O)C[C@H]2O3)cc1. The van der Waals surface area contributed by atoms with Crippen molar-refractivity contribution in [3.63, 3.8) is 0 Å². The van der Waals surface area contributed by atoms with Gasteiger partial charge in [0.25, 0.3) is 0 Å². The van der Waals surface area contributed by atoms with E-state index >= 15 is 0 Å². The lowest BCUT2D eigenvalue weighted by Gasteiger charge is -2.13. The number of phenolic OH excluding ortho intramolecular Hbond substituents is 1. The highest BCUT2D eigenvalue weighted by atomic mass is 32.2. The maximum Gasteiger partial charge on any atom is 0.310 e. The Labute approximate surface area is 135 Å². The van der Waals surface area contributed by atoms with E-state index in [0.717, 1.165) is 5.56 Å². The van der Waals surface area contributed by atoms with Crippen molar-refractivity contribution in [1.29, 1.82) is 0 Å². The van der Waals surface area contributed by atoms with Gasteiger partial charge in [-0.3, -0.25) is 4.79 Å². The standard InChI is InChI=1S/C17H14O5S/c1-9-2-4-10(5-3-9)23(20)17-11(18)6-7-12-15(17)16-13(21-12)8-14(19)22-16/h2-7,13,16,18H,8H2,1H3/t13-,16+,23+/m1/s1. The van der Waals surface area contributed by atoms with Crippen molar-refractivity contribution < 1.29 is 23.6 Å². The van der Waals surface area contributed by atoms with Crippen LogP contribution in [0.1, 0.15) is 23.7 Å². The molecule has 0 radical (unpaired) electrons. The lowest BCUT2D eigenvalue weighted by molar-refractivity contribution is -0.141. The first-order chi connectivity index (χ1) is 11.0. The lowest BCUT2D eigenvalue weighted by atomic mass is 10.1. The number of benzene rings is 2. The highest BCUT2D eigenvalue weighted by molar-refractivity contribution is 7.85. The van der Waals surface area contributed by atoms with Gasteiger partial charge in [-0.05, 0) is 31.2 Å². The van der Waals surface area contributed by atoms with Crippen LogP contribution in [0.25, 0.3) is 0 Å². The van der Waals surface area contributed by atoms with Gasteiger partial charge in [-0.1, -0.05) is 17.7 Å². The van der Waals surface area contributed by atoms with Crippen LogP contribution in [-0.2, 0) is 20.3 Å². The Balaban J connectivity index is 1.84. The molecule has 5 nitrogen and oxygen atoms in total. The van der Waals surface area contributed by atoms with E-state index < -0.39 is 23.0 Å². The summed E-state index contributed by atoms with van der Waals surface area (Å²) in [6, 6.07) is 10.3. The Bertz CT molecular complexity index is 828. The molecule has 118 valence electrons. The average molecular weight is 330 g/mol. The van der Waals surface area contributed by atoms with Gasteiger partial charge >= 0.3 is 5.97 Å². The molecule has 2 aromatic rings. The molecule has 0 unspecified atom stereocenters. The number of fused-ring (bicyclic) bond motifs is 3. The molecule has 0 bridgehead atoms. The largest absolute Gasteiger partial charge is 0.507 e. The zero-order valence-corrected chi connectivity index (χ0v) is 13.1. The predicted molar refractivity (Wildman–Crippen MR) is 81.8 cm³/mol. The zero-order valence-electron chi connectivity index (χ0n) is 12.3. The van der Waals surface area contributed by atoms with Gasteiger partial charge in [-0.15, -0.1) is 0 Å². The fourth-order valence-electron chi connectivity index (χ4n) is 2.96. The molecule has 2 aromatic carbocycles. The number of rotatable bonds is 2. The Morgan fingerprint density at radius 3 is 2.61 bits per heavy atom. The van der Waals surface area contributed by atoms with Crippen LogP contribution in [0.3, 0.4) is 0 Å². The maximum atomic E-state index is 13.0. The second kappa shape index (κ2) is 5.09. The van der Waals surface area contributed by atoms with Crippen molar-refractivity contribution >= 4 is 16.8 Å². The van der Waals surface area contributed by atoms with Crippen molar-refractivity contribution in [2.24, 2.45) is 0 Å². The Kier molecular flexibility index (Phi) is 3.16. The van der Waals surface area contributed by atoms with Crippen molar-refractivity contribution in [1.82, 2.24) is 0 Å². The van der Waals surface area contributed by atoms with Crippen LogP contribution in [0, 0.1) is 6.92 Å². The van der Waals surface area contributed by atoms with E-state index in [2.05, 4.69) is 0 Å². The van der Waals surface area contributed by atoms with Gasteiger partial charge in [0.1, 0.15) is 11.5 Å². The van der Waals surface area contributed by atoms with Crippen molar-refractivity contribution in [3.05, 3.63) is 47.5 Å². The van der Waals surface area contributed by atoms with E-state index in [1.165, 1.54) is 6.07 Å². The van der Waals surface area contributed by atoms with Crippen LogP contribution in [0.4, 0.5) is 0 Å². The third-order valence-corrected chi connectivity index (χ3v) is 5.58. The quantitative estimate of drug-likeness (QED) is 0.857. The van der Waals surface area contributed by atoms with E-state index in [-0.39, 0.29) is 23.0 Å². The van der Waals surface area contributed by atoms with Gasteiger partial charge in [0.15, 0.2) is 12.2 Å². The number of carbonyl (C=O) groups excluding carboxylic acids is 1. The first-order valence-corrected chi connectivity index (χ1v) is 8.40. The molecule has 2 aliphatic heterocycles. The summed E-state index contributed by atoms with van der Waals surface area (Å²) >= 11 is 0. The summed E-state index contributed by atoms with van der Waals surface area (Å²) in [5, 5.41) is 10.3. The molecule has 23 heavy (non-hydrogen) atoms. The van der Waals surface area contributed by atoms with E-state index in [1.807, 2.05) is 19.1 Å². The molecular formula is C17H14O5S. The molecule has 1 N–H and O–H groups in total. The molecular weight excluding hydrogens is 316 g/mol. The number of aromatic hydroxyl groups is 1. The predicted octanol–water partition coefficient (Wildman–Crippen LogP) is 2.62. The summed E-state index contributed by atoms with van der Waals surface area (Å²) in [7, 11) is -1.59. The summed E-state index contributed by atoms with van der Waals surface area (Å²) in [4.78, 5) is 12.3. The van der Waals surface area contributed by atoms with Crippen molar-refractivity contribution in [3.8, 4) is 11.5 Å². The van der Waals surface area contributed by atoms with Crippen molar-refractivity contribution in [2.75, 3.05) is 0 Å². The summed E-state index contributed by atoms with van der Waals surface area (Å²) in [5.74, 6) is 0.0803. The minimum Gasteiger partial charge on any atom is -0.507 e. The summed E-state index contributed by atoms with van der Waals surface area (Å²) < 4.78 is 24.0. The monoisotopic (exact) mass is 330 g/mol. The number of esters is 1. The highest BCUT2D eigenvalue weighted by Gasteiger charge is 2.47. The number of hydrogen-bond donors (Lipinski definition) is 1.